The molecule has 0 aliphatic heterocycles. The molecule has 1 aliphatic carbocycles. The van der Waals surface area contributed by atoms with Gasteiger partial charge in [-0.25, -0.2) is 0 Å². The fraction of sp³-hybridized carbons (Fsp3) is 0.156. The van der Waals surface area contributed by atoms with Crippen molar-refractivity contribution in [2.75, 3.05) is 42.7 Å². The highest BCUT2D eigenvalue weighted by Gasteiger charge is 2.45. The number of benzene rings is 6. The van der Waals surface area contributed by atoms with Crippen LogP contribution in [0.2, 0.25) is 0 Å². The Kier molecular flexibility index (Phi) is 9.86. The molecule has 0 aromatic heterocycles. The van der Waals surface area contributed by atoms with E-state index in [-0.39, 0.29) is 0 Å². The van der Waals surface area contributed by atoms with Crippen molar-refractivity contribution in [3.63, 3.8) is 0 Å². The van der Waals surface area contributed by atoms with Crippen molar-refractivity contribution in [3.05, 3.63) is 155 Å². The lowest BCUT2D eigenvalue weighted by Gasteiger charge is -2.34. The van der Waals surface area contributed by atoms with Crippen LogP contribution in [0.25, 0.3) is 11.1 Å². The SMILES string of the molecule is COc1cc(C=Nc2ccc(C3(c4ccc(N=Cc5cc(OC)c(OC)c(OC)c5)cc4)c4ccccc4-c4ccccc43)cc2)cc(OC)c1OC. The molecule has 0 atom stereocenters. The van der Waals surface area contributed by atoms with Crippen LogP contribution in [0.1, 0.15) is 33.4 Å². The summed E-state index contributed by atoms with van der Waals surface area (Å²) in [5.74, 6) is 3.36. The van der Waals surface area contributed by atoms with Gasteiger partial charge in [-0.3, -0.25) is 9.98 Å². The monoisotopic (exact) mass is 704 g/mol. The molecule has 0 saturated heterocycles. The van der Waals surface area contributed by atoms with Gasteiger partial charge in [-0.2, -0.15) is 0 Å². The maximum atomic E-state index is 5.53. The van der Waals surface area contributed by atoms with Gasteiger partial charge in [0, 0.05) is 23.6 Å². The van der Waals surface area contributed by atoms with E-state index in [1.54, 1.807) is 55.1 Å². The number of hydrogen-bond donors (Lipinski definition) is 0. The standard InChI is InChI=1S/C45H40N2O6/c1-48-39-23-29(24-40(49-2)43(39)52-5)27-46-33-19-15-31(16-20-33)45(37-13-9-7-11-35(37)36-12-8-10-14-38(36)45)32-17-21-34(22-18-32)47-28-30-25-41(50-3)44(53-6)42(26-30)51-4/h7-28H,1-6H3. The second-order valence-corrected chi connectivity index (χ2v) is 12.4. The minimum Gasteiger partial charge on any atom is -0.493 e. The van der Waals surface area contributed by atoms with E-state index < -0.39 is 5.41 Å². The van der Waals surface area contributed by atoms with Crippen LogP contribution in [0.15, 0.2) is 131 Å². The highest BCUT2D eigenvalue weighted by atomic mass is 16.5. The van der Waals surface area contributed by atoms with Crippen molar-refractivity contribution in [1.82, 2.24) is 0 Å². The zero-order valence-corrected chi connectivity index (χ0v) is 30.5. The molecule has 8 nitrogen and oxygen atoms in total. The van der Waals surface area contributed by atoms with Crippen LogP contribution < -0.4 is 28.4 Å². The lowest BCUT2D eigenvalue weighted by atomic mass is 9.67. The molecule has 0 saturated carbocycles. The second kappa shape index (κ2) is 15.0. The third-order valence-corrected chi connectivity index (χ3v) is 9.65. The first-order valence-corrected chi connectivity index (χ1v) is 17.1. The average molecular weight is 705 g/mol. The van der Waals surface area contributed by atoms with Crippen molar-refractivity contribution in [2.45, 2.75) is 5.41 Å². The van der Waals surface area contributed by atoms with Crippen LogP contribution in [-0.4, -0.2) is 55.1 Å². The lowest BCUT2D eigenvalue weighted by Crippen LogP contribution is -2.28. The Hall–Kier alpha value is -6.54. The summed E-state index contributed by atoms with van der Waals surface area (Å²) in [7, 11) is 9.59. The summed E-state index contributed by atoms with van der Waals surface area (Å²) in [6.45, 7) is 0. The predicted octanol–water partition coefficient (Wildman–Crippen LogP) is 9.60. The van der Waals surface area contributed by atoms with E-state index in [2.05, 4.69) is 97.1 Å². The summed E-state index contributed by atoms with van der Waals surface area (Å²) >= 11 is 0. The maximum absolute atomic E-state index is 5.53. The molecule has 8 heteroatoms. The number of hydrogen-bond acceptors (Lipinski definition) is 8. The number of aliphatic imine (C=N–C) groups is 2. The molecule has 1 aliphatic rings. The minimum atomic E-state index is -0.564. The smallest absolute Gasteiger partial charge is 0.203 e. The van der Waals surface area contributed by atoms with Crippen LogP contribution in [0.3, 0.4) is 0 Å². The maximum Gasteiger partial charge on any atom is 0.203 e. The van der Waals surface area contributed by atoms with E-state index in [0.717, 1.165) is 33.6 Å². The summed E-state index contributed by atoms with van der Waals surface area (Å²) in [5, 5.41) is 0. The van der Waals surface area contributed by atoms with Crippen LogP contribution in [0.5, 0.6) is 34.5 Å². The van der Waals surface area contributed by atoms with Crippen LogP contribution in [0, 0.1) is 0 Å². The Balaban J connectivity index is 1.27. The molecule has 0 unspecified atom stereocenters. The summed E-state index contributed by atoms with van der Waals surface area (Å²) in [6.07, 6.45) is 3.60. The number of methoxy groups -OCH3 is 6. The molecule has 0 fully saturated rings. The fourth-order valence-corrected chi connectivity index (χ4v) is 7.27. The topological polar surface area (TPSA) is 80.1 Å². The molecule has 266 valence electrons. The predicted molar refractivity (Wildman–Crippen MR) is 210 cm³/mol. The van der Waals surface area contributed by atoms with Crippen LogP contribution in [0.4, 0.5) is 11.4 Å². The molecule has 53 heavy (non-hydrogen) atoms. The van der Waals surface area contributed by atoms with Gasteiger partial charge >= 0.3 is 0 Å². The number of nitrogens with zero attached hydrogens (tertiary/aromatic N) is 2. The fourth-order valence-electron chi connectivity index (χ4n) is 7.27. The summed E-state index contributed by atoms with van der Waals surface area (Å²) in [4.78, 5) is 9.61. The van der Waals surface area contributed by atoms with Gasteiger partial charge in [0.1, 0.15) is 0 Å². The molecular weight excluding hydrogens is 665 g/mol. The first-order chi connectivity index (χ1) is 26.0. The van der Waals surface area contributed by atoms with E-state index in [4.69, 9.17) is 38.4 Å². The Morgan fingerprint density at radius 3 is 1.08 bits per heavy atom. The highest BCUT2D eigenvalue weighted by molar-refractivity contribution is 5.88. The van der Waals surface area contributed by atoms with E-state index in [0.29, 0.717) is 34.5 Å². The van der Waals surface area contributed by atoms with Gasteiger partial charge in [-0.1, -0.05) is 72.8 Å². The Labute approximate surface area is 309 Å². The van der Waals surface area contributed by atoms with Gasteiger partial charge in [-0.15, -0.1) is 0 Å². The van der Waals surface area contributed by atoms with Crippen molar-refractivity contribution in [3.8, 4) is 45.6 Å². The van der Waals surface area contributed by atoms with Crippen LogP contribution >= 0.6 is 0 Å². The summed E-state index contributed by atoms with van der Waals surface area (Å²) in [6, 6.07) is 41.8. The molecular formula is C45H40N2O6. The normalized spacial score (nSPS) is 12.7. The van der Waals surface area contributed by atoms with Gasteiger partial charge in [0.05, 0.1) is 59.4 Å². The van der Waals surface area contributed by atoms with Crippen molar-refractivity contribution < 1.29 is 28.4 Å². The molecule has 0 bridgehead atoms. The highest BCUT2D eigenvalue weighted by Crippen LogP contribution is 2.56. The largest absolute Gasteiger partial charge is 0.493 e. The molecule has 0 N–H and O–H groups in total. The third-order valence-electron chi connectivity index (χ3n) is 9.65. The van der Waals surface area contributed by atoms with Gasteiger partial charge < -0.3 is 28.4 Å². The molecule has 0 heterocycles. The van der Waals surface area contributed by atoms with E-state index >= 15 is 0 Å². The lowest BCUT2D eigenvalue weighted by molar-refractivity contribution is 0.324. The van der Waals surface area contributed by atoms with Crippen molar-refractivity contribution in [1.29, 1.82) is 0 Å². The van der Waals surface area contributed by atoms with Crippen LogP contribution in [-0.2, 0) is 5.41 Å². The van der Waals surface area contributed by atoms with Gasteiger partial charge in [0.25, 0.3) is 0 Å². The number of rotatable bonds is 12. The molecule has 0 spiro atoms. The number of ether oxygens (including phenoxy) is 6. The first kappa shape index (κ1) is 34.9. The van der Waals surface area contributed by atoms with Crippen molar-refractivity contribution >= 4 is 23.8 Å². The van der Waals surface area contributed by atoms with Gasteiger partial charge in [-0.05, 0) is 81.9 Å². The molecule has 6 aromatic carbocycles. The number of fused-ring (bicyclic) bond motifs is 3. The molecule has 6 aromatic rings. The van der Waals surface area contributed by atoms with E-state index in [1.807, 2.05) is 24.3 Å². The Bertz CT molecular complexity index is 2100. The minimum absolute atomic E-state index is 0.539. The molecule has 0 amide bonds. The Morgan fingerprint density at radius 1 is 0.415 bits per heavy atom. The zero-order chi connectivity index (χ0) is 37.0. The summed E-state index contributed by atoms with van der Waals surface area (Å²) < 4.78 is 33.1. The van der Waals surface area contributed by atoms with E-state index in [1.165, 1.54) is 22.3 Å². The van der Waals surface area contributed by atoms with Crippen molar-refractivity contribution in [2.24, 2.45) is 9.98 Å². The van der Waals surface area contributed by atoms with Gasteiger partial charge in [0.2, 0.25) is 11.5 Å². The summed E-state index contributed by atoms with van der Waals surface area (Å²) in [5.41, 5.74) is 9.87. The third kappa shape index (κ3) is 6.22. The second-order valence-electron chi connectivity index (χ2n) is 12.4. The van der Waals surface area contributed by atoms with Gasteiger partial charge in [0.15, 0.2) is 23.0 Å². The van der Waals surface area contributed by atoms with E-state index in [9.17, 15) is 0 Å². The molecule has 7 rings (SSSR count). The average Bonchev–Trinajstić information content (AvgIpc) is 3.52. The molecule has 0 radical (unpaired) electrons. The quantitative estimate of drug-likeness (QED) is 0.118. The first-order valence-electron chi connectivity index (χ1n) is 17.1. The Morgan fingerprint density at radius 2 is 0.755 bits per heavy atom. The zero-order valence-electron chi connectivity index (χ0n) is 30.5.